The fraction of sp³-hybridized carbons (Fsp3) is 0.478. The number of fused-ring (bicyclic) bond motifs is 3. The molecular weight excluding hydrogens is 308 g/mol. The van der Waals surface area contributed by atoms with Crippen LogP contribution in [0.1, 0.15) is 63.6 Å². The lowest BCUT2D eigenvalue weighted by atomic mass is 10.0. The van der Waals surface area contributed by atoms with Gasteiger partial charge in [0.1, 0.15) is 5.75 Å². The first-order chi connectivity index (χ1) is 12.3. The zero-order valence-corrected chi connectivity index (χ0v) is 16.4. The predicted molar refractivity (Wildman–Crippen MR) is 106 cm³/mol. The van der Waals surface area contributed by atoms with Gasteiger partial charge < -0.3 is 9.47 Å². The minimum absolute atomic E-state index is 0.0668. The molecule has 2 nitrogen and oxygen atoms in total. The third kappa shape index (κ3) is 4.64. The molecule has 2 aromatic carbocycles. The fourth-order valence-electron chi connectivity index (χ4n) is 3.31. The van der Waals surface area contributed by atoms with Crippen LogP contribution in [0.25, 0.3) is 11.1 Å². The summed E-state index contributed by atoms with van der Waals surface area (Å²) in [6, 6.07) is 13.2. The molecule has 1 atom stereocenters. The molecule has 1 unspecified atom stereocenters. The summed E-state index contributed by atoms with van der Waals surface area (Å²) in [7, 11) is 0. The van der Waals surface area contributed by atoms with Crippen molar-refractivity contribution in [3.63, 3.8) is 0 Å². The number of ether oxygens (including phenoxy) is 2. The highest BCUT2D eigenvalue weighted by Gasteiger charge is 2.20. The van der Waals surface area contributed by atoms with Crippen molar-refractivity contribution in [3.05, 3.63) is 53.1 Å². The van der Waals surface area contributed by atoms with Crippen molar-refractivity contribution in [1.82, 2.24) is 0 Å². The Morgan fingerprint density at radius 1 is 0.880 bits per heavy atom. The lowest BCUT2D eigenvalue weighted by molar-refractivity contribution is -0.105. The van der Waals surface area contributed by atoms with Gasteiger partial charge in [0.15, 0.2) is 6.29 Å². The Kier molecular flexibility index (Phi) is 7.52. The molecule has 2 aliphatic rings. The lowest BCUT2D eigenvalue weighted by Crippen LogP contribution is -2.24. The summed E-state index contributed by atoms with van der Waals surface area (Å²) in [6.07, 6.45) is 4.28. The zero-order chi connectivity index (χ0) is 18.2. The van der Waals surface area contributed by atoms with Crippen molar-refractivity contribution in [3.8, 4) is 16.9 Å². The van der Waals surface area contributed by atoms with Crippen LogP contribution in [-0.2, 0) is 11.2 Å². The largest absolute Gasteiger partial charge is 0.465 e. The maximum atomic E-state index is 5.98. The van der Waals surface area contributed by atoms with Gasteiger partial charge in [-0.2, -0.15) is 0 Å². The maximum absolute atomic E-state index is 5.98. The summed E-state index contributed by atoms with van der Waals surface area (Å²) < 4.78 is 11.6. The van der Waals surface area contributed by atoms with E-state index < -0.39 is 0 Å². The Hall–Kier alpha value is -1.80. The van der Waals surface area contributed by atoms with Crippen LogP contribution in [0.3, 0.4) is 0 Å². The average molecular weight is 341 g/mol. The lowest BCUT2D eigenvalue weighted by Gasteiger charge is -2.23. The highest BCUT2D eigenvalue weighted by atomic mass is 16.7. The van der Waals surface area contributed by atoms with Crippen molar-refractivity contribution in [1.29, 1.82) is 0 Å². The maximum Gasteiger partial charge on any atom is 0.199 e. The molecule has 2 heteroatoms. The smallest absolute Gasteiger partial charge is 0.199 e. The molecule has 0 radical (unpaired) electrons. The second-order valence-corrected chi connectivity index (χ2v) is 6.07. The fourth-order valence-corrected chi connectivity index (χ4v) is 3.31. The molecule has 0 bridgehead atoms. The monoisotopic (exact) mass is 340 g/mol. The standard InChI is InChI=1S/C19H20O2.2C2H6/c1-13-5-6-14-11-15-12-16(7-8-17(15)18(14)10-13)21-19-4-2-3-9-20-19;2*1-2/h5-8,10,12,19H,2-4,9,11H2,1H3;2*1-2H3. The second kappa shape index (κ2) is 9.62. The third-order valence-corrected chi connectivity index (χ3v) is 4.42. The van der Waals surface area contributed by atoms with Gasteiger partial charge in [-0.05, 0) is 60.6 Å². The van der Waals surface area contributed by atoms with Crippen molar-refractivity contribution in [2.45, 2.75) is 66.6 Å². The van der Waals surface area contributed by atoms with Crippen molar-refractivity contribution >= 4 is 0 Å². The van der Waals surface area contributed by atoms with Crippen LogP contribution in [0.5, 0.6) is 5.75 Å². The van der Waals surface area contributed by atoms with E-state index in [2.05, 4.69) is 43.3 Å². The van der Waals surface area contributed by atoms with E-state index >= 15 is 0 Å². The van der Waals surface area contributed by atoms with Crippen LogP contribution < -0.4 is 4.74 Å². The van der Waals surface area contributed by atoms with Gasteiger partial charge in [0.25, 0.3) is 0 Å². The molecular formula is C23H32O2. The summed E-state index contributed by atoms with van der Waals surface area (Å²) in [6.45, 7) is 11.0. The first-order valence-electron chi connectivity index (χ1n) is 9.81. The van der Waals surface area contributed by atoms with Crippen LogP contribution in [0.4, 0.5) is 0 Å². The van der Waals surface area contributed by atoms with Crippen LogP contribution in [0.2, 0.25) is 0 Å². The summed E-state index contributed by atoms with van der Waals surface area (Å²) in [5.74, 6) is 0.935. The molecule has 136 valence electrons. The number of aryl methyl sites for hydroxylation is 1. The number of hydrogen-bond acceptors (Lipinski definition) is 2. The van der Waals surface area contributed by atoms with E-state index in [1.807, 2.05) is 27.7 Å². The minimum Gasteiger partial charge on any atom is -0.465 e. The molecule has 0 amide bonds. The number of hydrogen-bond donors (Lipinski definition) is 0. The van der Waals surface area contributed by atoms with Crippen LogP contribution in [-0.4, -0.2) is 12.9 Å². The van der Waals surface area contributed by atoms with E-state index in [0.717, 1.165) is 31.6 Å². The predicted octanol–water partition coefficient (Wildman–Crippen LogP) is 6.52. The van der Waals surface area contributed by atoms with E-state index in [-0.39, 0.29) is 6.29 Å². The molecule has 0 aromatic heterocycles. The van der Waals surface area contributed by atoms with Gasteiger partial charge in [0, 0.05) is 6.42 Å². The highest BCUT2D eigenvalue weighted by molar-refractivity contribution is 5.77. The van der Waals surface area contributed by atoms with E-state index in [0.29, 0.717) is 0 Å². The second-order valence-electron chi connectivity index (χ2n) is 6.07. The summed E-state index contributed by atoms with van der Waals surface area (Å²) >= 11 is 0. The Bertz CT molecular complexity index is 670. The molecule has 1 saturated heterocycles. The SMILES string of the molecule is CC.CC.Cc1ccc2c(c1)-c1ccc(OC3CCCCO3)cc1C2. The molecule has 25 heavy (non-hydrogen) atoms. The quantitative estimate of drug-likeness (QED) is 0.528. The van der Waals surface area contributed by atoms with Gasteiger partial charge in [-0.25, -0.2) is 0 Å². The highest BCUT2D eigenvalue weighted by Crippen LogP contribution is 2.39. The number of rotatable bonds is 2. The van der Waals surface area contributed by atoms with Crippen LogP contribution >= 0.6 is 0 Å². The topological polar surface area (TPSA) is 18.5 Å². The van der Waals surface area contributed by atoms with Crippen molar-refractivity contribution < 1.29 is 9.47 Å². The van der Waals surface area contributed by atoms with E-state index in [1.54, 1.807) is 0 Å². The number of benzene rings is 2. The first-order valence-corrected chi connectivity index (χ1v) is 9.81. The van der Waals surface area contributed by atoms with Crippen molar-refractivity contribution in [2.75, 3.05) is 6.61 Å². The Labute approximate surface area is 153 Å². The van der Waals surface area contributed by atoms with E-state index in [1.165, 1.54) is 34.2 Å². The Morgan fingerprint density at radius 3 is 2.40 bits per heavy atom. The molecule has 1 heterocycles. The summed E-state index contributed by atoms with van der Waals surface area (Å²) in [5, 5.41) is 0. The van der Waals surface area contributed by atoms with Gasteiger partial charge in [-0.1, -0.05) is 57.5 Å². The van der Waals surface area contributed by atoms with Gasteiger partial charge in [-0.3, -0.25) is 0 Å². The Morgan fingerprint density at radius 2 is 1.68 bits per heavy atom. The van der Waals surface area contributed by atoms with Gasteiger partial charge in [-0.15, -0.1) is 0 Å². The van der Waals surface area contributed by atoms with E-state index in [9.17, 15) is 0 Å². The molecule has 0 N–H and O–H groups in total. The molecule has 1 fully saturated rings. The van der Waals surface area contributed by atoms with Gasteiger partial charge in [0.2, 0.25) is 0 Å². The van der Waals surface area contributed by atoms with E-state index in [4.69, 9.17) is 9.47 Å². The molecule has 0 saturated carbocycles. The molecule has 0 spiro atoms. The van der Waals surface area contributed by atoms with Gasteiger partial charge >= 0.3 is 0 Å². The van der Waals surface area contributed by atoms with Crippen molar-refractivity contribution in [2.24, 2.45) is 0 Å². The third-order valence-electron chi connectivity index (χ3n) is 4.42. The summed E-state index contributed by atoms with van der Waals surface area (Å²) in [5.41, 5.74) is 6.83. The first kappa shape index (κ1) is 19.5. The normalized spacial score (nSPS) is 17.2. The molecule has 1 aliphatic carbocycles. The average Bonchev–Trinajstić information content (AvgIpc) is 3.03. The molecule has 4 rings (SSSR count). The minimum atomic E-state index is -0.0668. The van der Waals surface area contributed by atoms with Crippen LogP contribution in [0.15, 0.2) is 36.4 Å². The summed E-state index contributed by atoms with van der Waals surface area (Å²) in [4.78, 5) is 0. The zero-order valence-electron chi connectivity index (χ0n) is 16.4. The van der Waals surface area contributed by atoms with Crippen LogP contribution in [0, 0.1) is 6.92 Å². The molecule has 2 aromatic rings. The Balaban J connectivity index is 0.000000528. The van der Waals surface area contributed by atoms with Gasteiger partial charge in [0.05, 0.1) is 6.61 Å². The molecule has 1 aliphatic heterocycles.